The molecule has 0 aromatic rings. The molecule has 0 aliphatic rings. The van der Waals surface area contributed by atoms with Crippen molar-refractivity contribution < 1.29 is 80.2 Å². The van der Waals surface area contributed by atoms with Crippen molar-refractivity contribution in [1.29, 1.82) is 0 Å². The van der Waals surface area contributed by atoms with E-state index < -0.39 is 97.5 Å². The smallest absolute Gasteiger partial charge is 0.462 e. The third kappa shape index (κ3) is 68.5. The Morgan fingerprint density at radius 1 is 0.347 bits per heavy atom. The number of rotatable bonds is 73. The number of carbonyl (C=O) groups excluding carboxylic acids is 4. The normalized spacial score (nSPS) is 14.5. The number of aliphatic hydroxyl groups is 1. The molecule has 19 heteroatoms. The van der Waals surface area contributed by atoms with Crippen LogP contribution in [0.4, 0.5) is 0 Å². The van der Waals surface area contributed by atoms with Crippen molar-refractivity contribution in [3.05, 3.63) is 24.3 Å². The third-order valence-electron chi connectivity index (χ3n) is 17.4. The highest BCUT2D eigenvalue weighted by Gasteiger charge is 2.30. The molecular weight excluding hydrogens is 1250 g/mol. The van der Waals surface area contributed by atoms with Gasteiger partial charge in [-0.15, -0.1) is 0 Å². The predicted molar refractivity (Wildman–Crippen MR) is 386 cm³/mol. The van der Waals surface area contributed by atoms with Gasteiger partial charge in [0.25, 0.3) is 0 Å². The topological polar surface area (TPSA) is 237 Å². The molecule has 0 radical (unpaired) electrons. The van der Waals surface area contributed by atoms with Crippen molar-refractivity contribution in [2.75, 3.05) is 39.6 Å². The minimum Gasteiger partial charge on any atom is -0.462 e. The highest BCUT2D eigenvalue weighted by molar-refractivity contribution is 7.47. The summed E-state index contributed by atoms with van der Waals surface area (Å²) in [5.41, 5.74) is 0. The second-order valence-corrected chi connectivity index (χ2v) is 30.3. The van der Waals surface area contributed by atoms with Gasteiger partial charge in [-0.05, 0) is 63.2 Å². The first-order valence-electron chi connectivity index (χ1n) is 38.8. The summed E-state index contributed by atoms with van der Waals surface area (Å²) in [5, 5.41) is 10.6. The van der Waals surface area contributed by atoms with Gasteiger partial charge in [0.1, 0.15) is 19.3 Å². The summed E-state index contributed by atoms with van der Waals surface area (Å²) in [6.07, 6.45) is 57.6. The van der Waals surface area contributed by atoms with E-state index in [2.05, 4.69) is 65.8 Å². The molecule has 0 heterocycles. The molecule has 0 aliphatic heterocycles. The van der Waals surface area contributed by atoms with Crippen LogP contribution in [-0.2, 0) is 65.4 Å². The van der Waals surface area contributed by atoms with Gasteiger partial charge in [0.15, 0.2) is 12.2 Å². The molecule has 0 aromatic carbocycles. The summed E-state index contributed by atoms with van der Waals surface area (Å²) in [4.78, 5) is 72.7. The predicted octanol–water partition coefficient (Wildman–Crippen LogP) is 21.9. The molecule has 6 atom stereocenters. The number of aliphatic hydroxyl groups excluding tert-OH is 1. The average molecular weight is 1390 g/mol. The van der Waals surface area contributed by atoms with Crippen LogP contribution in [0.3, 0.4) is 0 Å². The van der Waals surface area contributed by atoms with Crippen LogP contribution in [0, 0.1) is 11.8 Å². The largest absolute Gasteiger partial charge is 0.472 e. The van der Waals surface area contributed by atoms with E-state index in [-0.39, 0.29) is 25.7 Å². The lowest BCUT2D eigenvalue weighted by atomic mass is 9.99. The number of hydrogen-bond acceptors (Lipinski definition) is 15. The van der Waals surface area contributed by atoms with Crippen LogP contribution in [0.2, 0.25) is 0 Å². The van der Waals surface area contributed by atoms with Crippen molar-refractivity contribution in [1.82, 2.24) is 0 Å². The first kappa shape index (κ1) is 92.5. The Bertz CT molecular complexity index is 1930. The minimum atomic E-state index is -4.96. The lowest BCUT2D eigenvalue weighted by molar-refractivity contribution is -0.161. The first-order chi connectivity index (χ1) is 45.9. The molecule has 0 aliphatic carbocycles. The molecule has 17 nitrogen and oxygen atoms in total. The van der Waals surface area contributed by atoms with Gasteiger partial charge < -0.3 is 33.8 Å². The van der Waals surface area contributed by atoms with E-state index in [1.54, 1.807) is 0 Å². The van der Waals surface area contributed by atoms with Crippen molar-refractivity contribution in [2.24, 2.45) is 11.8 Å². The van der Waals surface area contributed by atoms with E-state index in [0.29, 0.717) is 25.7 Å². The second kappa shape index (κ2) is 67.4. The Morgan fingerprint density at radius 2 is 0.621 bits per heavy atom. The summed E-state index contributed by atoms with van der Waals surface area (Å²) < 4.78 is 68.4. The van der Waals surface area contributed by atoms with Gasteiger partial charge >= 0.3 is 39.5 Å². The van der Waals surface area contributed by atoms with Gasteiger partial charge in [-0.25, -0.2) is 9.13 Å². The van der Waals surface area contributed by atoms with E-state index in [4.69, 9.17) is 37.0 Å². The SMILES string of the molecule is CCCCCC/C=C\C=C/CCCCCCCC(=O)OC[C@H](COP(=O)(O)OC[C@@H](O)COP(=O)(O)OC[C@@H](COC(=O)CCCCCCCCCC)OC(=O)CCCCCCCCCCCCCC(C)C)OC(=O)CCCCCCCCCCCCCCCCC(C)CC. The van der Waals surface area contributed by atoms with E-state index in [9.17, 15) is 43.2 Å². The summed E-state index contributed by atoms with van der Waals surface area (Å²) in [7, 11) is -9.92. The van der Waals surface area contributed by atoms with Crippen LogP contribution in [0.1, 0.15) is 369 Å². The van der Waals surface area contributed by atoms with Crippen LogP contribution in [0.5, 0.6) is 0 Å². The molecule has 95 heavy (non-hydrogen) atoms. The molecule has 3 N–H and O–H groups in total. The molecule has 0 fully saturated rings. The maximum Gasteiger partial charge on any atom is 0.472 e. The fourth-order valence-electron chi connectivity index (χ4n) is 11.1. The van der Waals surface area contributed by atoms with Gasteiger partial charge in [0, 0.05) is 25.7 Å². The number of hydrogen-bond donors (Lipinski definition) is 3. The number of allylic oxidation sites excluding steroid dienone is 4. The number of phosphoric acid groups is 2. The molecular formula is C76H144O17P2. The van der Waals surface area contributed by atoms with Gasteiger partial charge in [-0.2, -0.15) is 0 Å². The molecule has 0 saturated heterocycles. The van der Waals surface area contributed by atoms with Gasteiger partial charge in [0.05, 0.1) is 26.4 Å². The number of esters is 4. The van der Waals surface area contributed by atoms with Crippen LogP contribution in [0.15, 0.2) is 24.3 Å². The average Bonchev–Trinajstić information content (AvgIpc) is 2.42. The monoisotopic (exact) mass is 1390 g/mol. The molecule has 0 bridgehead atoms. The van der Waals surface area contributed by atoms with Gasteiger partial charge in [-0.3, -0.25) is 37.3 Å². The Kier molecular flexibility index (Phi) is 65.6. The zero-order chi connectivity index (χ0) is 70.0. The van der Waals surface area contributed by atoms with Crippen molar-refractivity contribution in [2.45, 2.75) is 387 Å². The Morgan fingerprint density at radius 3 is 0.947 bits per heavy atom. The fraction of sp³-hybridized carbons (Fsp3) is 0.895. The standard InChI is InChI=1S/C76H144O17P2/c1-7-10-12-14-16-18-19-20-21-25-30-35-41-47-53-59-74(79)87-65-72(93-75(80)60-54-48-42-36-31-26-23-22-24-29-34-39-45-51-57-69(6)9-3)67-91-95(84,85)89-63-70(77)62-88-94(82,83)90-66-71(64-86-73(78)58-52-46-40-17-15-13-11-8-2)92-76(81)61-55-49-43-37-32-27-28-33-38-44-50-56-68(4)5/h18-21,68-72,77H,7-17,22-67H2,1-6H3,(H,82,83)(H,84,85)/b19-18-,21-20-/t69?,70-,71+,72+/m0/s1. The molecule has 3 unspecified atom stereocenters. The summed E-state index contributed by atoms with van der Waals surface area (Å²) >= 11 is 0. The molecule has 0 spiro atoms. The van der Waals surface area contributed by atoms with Gasteiger partial charge in [0.2, 0.25) is 0 Å². The quantitative estimate of drug-likeness (QED) is 0.0169. The Hall–Kier alpha value is -2.46. The molecule has 0 rings (SSSR count). The lowest BCUT2D eigenvalue weighted by Gasteiger charge is -2.21. The van der Waals surface area contributed by atoms with Crippen molar-refractivity contribution in [3.63, 3.8) is 0 Å². The van der Waals surface area contributed by atoms with Crippen LogP contribution >= 0.6 is 15.6 Å². The second-order valence-electron chi connectivity index (χ2n) is 27.4. The minimum absolute atomic E-state index is 0.101. The molecule has 0 aromatic heterocycles. The van der Waals surface area contributed by atoms with E-state index in [0.717, 1.165) is 127 Å². The fourth-order valence-corrected chi connectivity index (χ4v) is 12.7. The highest BCUT2D eigenvalue weighted by atomic mass is 31.2. The summed E-state index contributed by atoms with van der Waals surface area (Å²) in [5.74, 6) is -0.541. The van der Waals surface area contributed by atoms with Gasteiger partial charge in [-0.1, -0.05) is 316 Å². The third-order valence-corrected chi connectivity index (χ3v) is 19.3. The summed E-state index contributed by atoms with van der Waals surface area (Å²) in [6.45, 7) is 9.55. The number of phosphoric ester groups is 2. The number of ether oxygens (including phenoxy) is 4. The Balaban J connectivity index is 5.26. The number of carbonyl (C=O) groups is 4. The van der Waals surface area contributed by atoms with E-state index in [1.165, 1.54) is 161 Å². The zero-order valence-electron chi connectivity index (χ0n) is 61.5. The van der Waals surface area contributed by atoms with Crippen molar-refractivity contribution in [3.8, 4) is 0 Å². The molecule has 560 valence electrons. The van der Waals surface area contributed by atoms with Crippen LogP contribution in [-0.4, -0.2) is 96.7 Å². The first-order valence-corrected chi connectivity index (χ1v) is 41.8. The molecule has 0 amide bonds. The van der Waals surface area contributed by atoms with Crippen LogP contribution in [0.25, 0.3) is 0 Å². The van der Waals surface area contributed by atoms with E-state index >= 15 is 0 Å². The summed E-state index contributed by atoms with van der Waals surface area (Å²) in [6, 6.07) is 0. The van der Waals surface area contributed by atoms with Crippen LogP contribution < -0.4 is 0 Å². The lowest BCUT2D eigenvalue weighted by Crippen LogP contribution is -2.30. The maximum atomic E-state index is 13.1. The Labute approximate surface area is 580 Å². The highest BCUT2D eigenvalue weighted by Crippen LogP contribution is 2.45. The van der Waals surface area contributed by atoms with E-state index in [1.807, 2.05) is 0 Å². The van der Waals surface area contributed by atoms with Crippen molar-refractivity contribution >= 4 is 39.5 Å². The zero-order valence-corrected chi connectivity index (χ0v) is 63.2. The number of unbranched alkanes of at least 4 members (excludes halogenated alkanes) is 39. The maximum absolute atomic E-state index is 13.1. The molecule has 0 saturated carbocycles.